The molecule has 1 saturated carbocycles. The Kier molecular flexibility index (Phi) is 2.84. The number of carboxylic acids is 1. The Morgan fingerprint density at radius 3 is 2.74 bits per heavy atom. The Hall–Kier alpha value is -2.96. The van der Waals surface area contributed by atoms with Gasteiger partial charge in [-0.15, -0.1) is 0 Å². The van der Waals surface area contributed by atoms with E-state index in [1.165, 1.54) is 17.1 Å². The molecule has 0 saturated heterocycles. The number of aromatic nitrogens is 3. The molecule has 3 aromatic rings. The molecule has 0 amide bonds. The van der Waals surface area contributed by atoms with Crippen molar-refractivity contribution in [2.24, 2.45) is 0 Å². The summed E-state index contributed by atoms with van der Waals surface area (Å²) in [5.41, 5.74) is -0.264. The number of nitrogens with zero attached hydrogens (tertiary/aromatic N) is 3. The molecule has 116 valence electrons. The van der Waals surface area contributed by atoms with Gasteiger partial charge in [0.2, 0.25) is 5.43 Å². The second-order valence-electron chi connectivity index (χ2n) is 5.59. The van der Waals surface area contributed by atoms with Crippen molar-refractivity contribution in [1.29, 1.82) is 0 Å². The number of rotatable bonds is 3. The molecule has 7 heteroatoms. The number of carbonyl (C=O) groups is 1. The van der Waals surface area contributed by atoms with Crippen LogP contribution in [0, 0.1) is 5.82 Å². The van der Waals surface area contributed by atoms with Crippen LogP contribution in [0.5, 0.6) is 0 Å². The Morgan fingerprint density at radius 1 is 1.35 bits per heavy atom. The highest BCUT2D eigenvalue weighted by atomic mass is 19.1. The van der Waals surface area contributed by atoms with Crippen LogP contribution in [0.4, 0.5) is 4.39 Å². The van der Waals surface area contributed by atoms with E-state index in [9.17, 15) is 19.1 Å². The van der Waals surface area contributed by atoms with Crippen molar-refractivity contribution in [3.05, 3.63) is 58.4 Å². The number of benzene rings is 1. The highest BCUT2D eigenvalue weighted by molar-refractivity contribution is 5.93. The molecule has 6 nitrogen and oxygen atoms in total. The van der Waals surface area contributed by atoms with E-state index in [-0.39, 0.29) is 22.7 Å². The van der Waals surface area contributed by atoms with Crippen LogP contribution in [0.15, 0.2) is 41.6 Å². The minimum atomic E-state index is -1.30. The second kappa shape index (κ2) is 4.77. The summed E-state index contributed by atoms with van der Waals surface area (Å²) in [5.74, 6) is -1.92. The number of hydrogen-bond donors (Lipinski definition) is 1. The van der Waals surface area contributed by atoms with Crippen LogP contribution < -0.4 is 5.43 Å². The zero-order valence-electron chi connectivity index (χ0n) is 11.9. The van der Waals surface area contributed by atoms with Gasteiger partial charge in [0.05, 0.1) is 5.52 Å². The Labute approximate surface area is 129 Å². The molecule has 1 fully saturated rings. The third-order valence-corrected chi connectivity index (χ3v) is 4.02. The van der Waals surface area contributed by atoms with E-state index in [0.29, 0.717) is 5.52 Å². The quantitative estimate of drug-likeness (QED) is 0.805. The molecule has 0 spiro atoms. The van der Waals surface area contributed by atoms with Gasteiger partial charge in [-0.2, -0.15) is 5.10 Å². The standard InChI is InChI=1S/C16H12FN3O3/c17-12-6-10-13(7-14(12)20-5-1-4-18-20)19(9-2-3-9)8-11(15(10)21)16(22)23/h1,4-9H,2-3H2,(H,22,23). The van der Waals surface area contributed by atoms with Gasteiger partial charge in [-0.3, -0.25) is 4.79 Å². The third-order valence-electron chi connectivity index (χ3n) is 4.02. The van der Waals surface area contributed by atoms with E-state index in [0.717, 1.165) is 18.9 Å². The fraction of sp³-hybridized carbons (Fsp3) is 0.188. The van der Waals surface area contributed by atoms with Crippen molar-refractivity contribution in [2.45, 2.75) is 18.9 Å². The Bertz CT molecular complexity index is 988. The first-order valence-electron chi connectivity index (χ1n) is 7.18. The van der Waals surface area contributed by atoms with Crippen LogP contribution in [0.2, 0.25) is 0 Å². The smallest absolute Gasteiger partial charge is 0.341 e. The van der Waals surface area contributed by atoms with E-state index >= 15 is 0 Å². The maximum absolute atomic E-state index is 14.4. The van der Waals surface area contributed by atoms with Gasteiger partial charge >= 0.3 is 5.97 Å². The first kappa shape index (κ1) is 13.7. The summed E-state index contributed by atoms with van der Waals surface area (Å²) >= 11 is 0. The second-order valence-corrected chi connectivity index (χ2v) is 5.59. The van der Waals surface area contributed by atoms with E-state index in [1.54, 1.807) is 22.9 Å². The van der Waals surface area contributed by atoms with Crippen molar-refractivity contribution in [3.8, 4) is 5.69 Å². The monoisotopic (exact) mass is 313 g/mol. The molecule has 4 rings (SSSR count). The molecule has 1 aliphatic carbocycles. The zero-order chi connectivity index (χ0) is 16.1. The van der Waals surface area contributed by atoms with Crippen molar-refractivity contribution < 1.29 is 14.3 Å². The van der Waals surface area contributed by atoms with Crippen LogP contribution in [-0.4, -0.2) is 25.4 Å². The summed E-state index contributed by atoms with van der Waals surface area (Å²) in [6.45, 7) is 0. The van der Waals surface area contributed by atoms with Gasteiger partial charge in [0.1, 0.15) is 17.1 Å². The first-order chi connectivity index (χ1) is 11.1. The van der Waals surface area contributed by atoms with Gasteiger partial charge in [-0.1, -0.05) is 0 Å². The summed E-state index contributed by atoms with van der Waals surface area (Å²) < 4.78 is 17.5. The lowest BCUT2D eigenvalue weighted by molar-refractivity contribution is 0.0695. The van der Waals surface area contributed by atoms with Gasteiger partial charge in [0, 0.05) is 30.0 Å². The first-order valence-corrected chi connectivity index (χ1v) is 7.18. The Balaban J connectivity index is 2.08. The van der Waals surface area contributed by atoms with Crippen LogP contribution in [0.25, 0.3) is 16.6 Å². The molecule has 1 aliphatic rings. The maximum Gasteiger partial charge on any atom is 0.341 e. The summed E-state index contributed by atoms with van der Waals surface area (Å²) in [4.78, 5) is 23.6. The third kappa shape index (κ3) is 2.12. The molecule has 0 unspecified atom stereocenters. The molecule has 23 heavy (non-hydrogen) atoms. The number of hydrogen-bond acceptors (Lipinski definition) is 3. The number of carboxylic acid groups (broad SMARTS) is 1. The summed E-state index contributed by atoms with van der Waals surface area (Å²) in [6, 6.07) is 4.46. The van der Waals surface area contributed by atoms with Crippen molar-refractivity contribution in [3.63, 3.8) is 0 Å². The van der Waals surface area contributed by atoms with Gasteiger partial charge in [-0.05, 0) is 31.0 Å². The summed E-state index contributed by atoms with van der Waals surface area (Å²) in [7, 11) is 0. The van der Waals surface area contributed by atoms with E-state index in [4.69, 9.17) is 0 Å². The molecule has 1 N–H and O–H groups in total. The lowest BCUT2D eigenvalue weighted by Gasteiger charge is -2.13. The minimum absolute atomic E-state index is 0.0743. The lowest BCUT2D eigenvalue weighted by atomic mass is 10.1. The Morgan fingerprint density at radius 2 is 2.13 bits per heavy atom. The molecule has 2 aromatic heterocycles. The molecular weight excluding hydrogens is 301 g/mol. The largest absolute Gasteiger partial charge is 0.477 e. The lowest BCUT2D eigenvalue weighted by Crippen LogP contribution is -2.19. The van der Waals surface area contributed by atoms with Gasteiger partial charge in [0.15, 0.2) is 0 Å². The van der Waals surface area contributed by atoms with Gasteiger partial charge in [-0.25, -0.2) is 13.9 Å². The van der Waals surface area contributed by atoms with Crippen molar-refractivity contribution in [1.82, 2.24) is 14.3 Å². The zero-order valence-corrected chi connectivity index (χ0v) is 11.9. The topological polar surface area (TPSA) is 77.1 Å². The van der Waals surface area contributed by atoms with Gasteiger partial charge < -0.3 is 9.67 Å². The fourth-order valence-corrected chi connectivity index (χ4v) is 2.75. The summed E-state index contributed by atoms with van der Waals surface area (Å²) in [5, 5.41) is 13.3. The number of fused-ring (bicyclic) bond motifs is 1. The predicted molar refractivity (Wildman–Crippen MR) is 80.5 cm³/mol. The molecular formula is C16H12FN3O3. The van der Waals surface area contributed by atoms with Crippen LogP contribution >= 0.6 is 0 Å². The molecule has 0 atom stereocenters. The number of aromatic carboxylic acids is 1. The van der Waals surface area contributed by atoms with Crippen LogP contribution in [0.1, 0.15) is 29.2 Å². The average molecular weight is 313 g/mol. The molecule has 0 aliphatic heterocycles. The SMILES string of the molecule is O=C(O)c1cn(C2CC2)c2cc(-n3cccn3)c(F)cc2c1=O. The van der Waals surface area contributed by atoms with Crippen LogP contribution in [-0.2, 0) is 0 Å². The molecule has 1 aromatic carbocycles. The van der Waals surface area contributed by atoms with Gasteiger partial charge in [0.25, 0.3) is 0 Å². The van der Waals surface area contributed by atoms with Crippen LogP contribution in [0.3, 0.4) is 0 Å². The number of pyridine rings is 1. The highest BCUT2D eigenvalue weighted by Crippen LogP contribution is 2.37. The normalized spacial score (nSPS) is 14.3. The summed E-state index contributed by atoms with van der Waals surface area (Å²) in [6.07, 6.45) is 6.31. The van der Waals surface area contributed by atoms with Crippen molar-refractivity contribution in [2.75, 3.05) is 0 Å². The highest BCUT2D eigenvalue weighted by Gasteiger charge is 2.27. The maximum atomic E-state index is 14.4. The molecule has 0 bridgehead atoms. The molecule has 2 heterocycles. The fourth-order valence-electron chi connectivity index (χ4n) is 2.75. The molecule has 0 radical (unpaired) electrons. The van der Waals surface area contributed by atoms with E-state index < -0.39 is 17.2 Å². The number of halogens is 1. The predicted octanol–water partition coefficient (Wildman–Crippen LogP) is 2.36. The average Bonchev–Trinajstić information content (AvgIpc) is 3.21. The van der Waals surface area contributed by atoms with E-state index in [1.807, 2.05) is 0 Å². The minimum Gasteiger partial charge on any atom is -0.477 e. The van der Waals surface area contributed by atoms with E-state index in [2.05, 4.69) is 5.10 Å². The van der Waals surface area contributed by atoms with Crippen molar-refractivity contribution >= 4 is 16.9 Å².